The Labute approximate surface area is 105 Å². The molecule has 0 aromatic heterocycles. The van der Waals surface area contributed by atoms with Crippen LogP contribution >= 0.6 is 0 Å². The second-order valence-corrected chi connectivity index (χ2v) is 4.67. The Morgan fingerprint density at radius 1 is 1.33 bits per heavy atom. The number of hydrogen-bond acceptors (Lipinski definition) is 6. The number of carbonyl (C=O) groups is 1. The molecule has 1 aliphatic heterocycles. The van der Waals surface area contributed by atoms with Gasteiger partial charge in [-0.15, -0.1) is 0 Å². The van der Waals surface area contributed by atoms with Crippen LogP contribution in [0.2, 0.25) is 0 Å². The van der Waals surface area contributed by atoms with Crippen LogP contribution in [0.15, 0.2) is 11.5 Å². The van der Waals surface area contributed by atoms with Crippen LogP contribution in [0.4, 0.5) is 0 Å². The predicted molar refractivity (Wildman–Crippen MR) is 60.6 cm³/mol. The lowest BCUT2D eigenvalue weighted by molar-refractivity contribution is -0.148. The predicted octanol–water partition coefficient (Wildman–Crippen LogP) is 0.384. The zero-order chi connectivity index (χ0) is 13.1. The molecule has 0 aromatic rings. The molecule has 2 aliphatic rings. The van der Waals surface area contributed by atoms with E-state index in [1.165, 1.54) is 0 Å². The van der Waals surface area contributed by atoms with Gasteiger partial charge in [-0.2, -0.15) is 0 Å². The van der Waals surface area contributed by atoms with E-state index in [1.807, 2.05) is 0 Å². The third-order valence-electron chi connectivity index (χ3n) is 3.30. The number of aliphatic hydroxyl groups excluding tert-OH is 3. The van der Waals surface area contributed by atoms with Crippen molar-refractivity contribution >= 4 is 5.97 Å². The van der Waals surface area contributed by atoms with Crippen molar-refractivity contribution in [2.24, 2.45) is 0 Å². The van der Waals surface area contributed by atoms with Gasteiger partial charge in [0.25, 0.3) is 0 Å². The third kappa shape index (κ3) is 2.59. The lowest BCUT2D eigenvalue weighted by Crippen LogP contribution is -2.33. The number of aliphatic hydroxyl groups is 3. The molecule has 18 heavy (non-hydrogen) atoms. The van der Waals surface area contributed by atoms with Crippen LogP contribution in [0.3, 0.4) is 0 Å². The summed E-state index contributed by atoms with van der Waals surface area (Å²) in [6, 6.07) is 0. The van der Waals surface area contributed by atoms with Gasteiger partial charge in [-0.1, -0.05) is 6.42 Å². The average Bonchev–Trinajstić information content (AvgIpc) is 2.67. The van der Waals surface area contributed by atoms with E-state index in [0.29, 0.717) is 0 Å². The van der Waals surface area contributed by atoms with E-state index in [-0.39, 0.29) is 11.9 Å². The molecule has 1 aliphatic carbocycles. The first kappa shape index (κ1) is 13.2. The molecule has 6 heteroatoms. The van der Waals surface area contributed by atoms with Gasteiger partial charge in [-0.25, -0.2) is 4.79 Å². The Bertz CT molecular complexity index is 344. The molecule has 1 saturated carbocycles. The summed E-state index contributed by atoms with van der Waals surface area (Å²) in [5.41, 5.74) is 0. The SMILES string of the molecule is O=C1O[C@H]([C@@H](O)CO)C(OC2CCCCC2)=C1O. The standard InChI is InChI=1S/C12H18O6/c13-6-8(14)10-11(9(15)12(16)18-10)17-7-4-2-1-3-5-7/h7-8,10,13-15H,1-6H2/t8-,10+/m0/s1. The maximum absolute atomic E-state index is 11.3. The Morgan fingerprint density at radius 2 is 2.00 bits per heavy atom. The summed E-state index contributed by atoms with van der Waals surface area (Å²) in [4.78, 5) is 11.3. The van der Waals surface area contributed by atoms with E-state index in [1.54, 1.807) is 0 Å². The van der Waals surface area contributed by atoms with Gasteiger partial charge in [-0.3, -0.25) is 0 Å². The summed E-state index contributed by atoms with van der Waals surface area (Å²) in [5, 5.41) is 28.0. The fourth-order valence-electron chi connectivity index (χ4n) is 2.29. The van der Waals surface area contributed by atoms with Gasteiger partial charge in [0.1, 0.15) is 6.10 Å². The molecular formula is C12H18O6. The minimum Gasteiger partial charge on any atom is -0.499 e. The minimum atomic E-state index is -1.28. The van der Waals surface area contributed by atoms with Crippen LogP contribution in [0.25, 0.3) is 0 Å². The maximum Gasteiger partial charge on any atom is 0.378 e. The largest absolute Gasteiger partial charge is 0.499 e. The van der Waals surface area contributed by atoms with Crippen molar-refractivity contribution in [3.8, 4) is 0 Å². The van der Waals surface area contributed by atoms with Gasteiger partial charge in [-0.05, 0) is 25.7 Å². The smallest absolute Gasteiger partial charge is 0.378 e. The Kier molecular flexibility index (Phi) is 4.08. The van der Waals surface area contributed by atoms with Gasteiger partial charge in [0, 0.05) is 0 Å². The maximum atomic E-state index is 11.3. The first-order chi connectivity index (χ1) is 8.63. The topological polar surface area (TPSA) is 96.2 Å². The van der Waals surface area contributed by atoms with Gasteiger partial charge in [0.05, 0.1) is 12.7 Å². The van der Waals surface area contributed by atoms with Crippen LogP contribution < -0.4 is 0 Å². The molecule has 0 unspecified atom stereocenters. The number of esters is 1. The van der Waals surface area contributed by atoms with Crippen LogP contribution in [0, 0.1) is 0 Å². The molecule has 3 N–H and O–H groups in total. The van der Waals surface area contributed by atoms with Crippen molar-refractivity contribution in [1.82, 2.24) is 0 Å². The van der Waals surface area contributed by atoms with E-state index < -0.39 is 30.5 Å². The first-order valence-electron chi connectivity index (χ1n) is 6.23. The molecule has 6 nitrogen and oxygen atoms in total. The molecule has 0 bridgehead atoms. The van der Waals surface area contributed by atoms with Gasteiger partial charge in [0.15, 0.2) is 11.9 Å². The van der Waals surface area contributed by atoms with Gasteiger partial charge in [0.2, 0.25) is 5.76 Å². The van der Waals surface area contributed by atoms with E-state index in [2.05, 4.69) is 0 Å². The number of rotatable bonds is 4. The van der Waals surface area contributed by atoms with E-state index >= 15 is 0 Å². The zero-order valence-corrected chi connectivity index (χ0v) is 10.0. The van der Waals surface area contributed by atoms with E-state index in [0.717, 1.165) is 32.1 Å². The summed E-state index contributed by atoms with van der Waals surface area (Å²) in [6.07, 6.45) is 2.49. The fourth-order valence-corrected chi connectivity index (χ4v) is 2.29. The Balaban J connectivity index is 2.08. The second kappa shape index (κ2) is 5.58. The molecule has 0 saturated heterocycles. The Morgan fingerprint density at radius 3 is 2.61 bits per heavy atom. The summed E-state index contributed by atoms with van der Waals surface area (Å²) in [5.74, 6) is -1.56. The molecule has 0 aromatic carbocycles. The highest BCUT2D eigenvalue weighted by Crippen LogP contribution is 2.30. The monoisotopic (exact) mass is 258 g/mol. The lowest BCUT2D eigenvalue weighted by atomic mass is 9.97. The number of carbonyl (C=O) groups excluding carboxylic acids is 1. The van der Waals surface area contributed by atoms with Gasteiger partial charge < -0.3 is 24.8 Å². The van der Waals surface area contributed by atoms with Crippen molar-refractivity contribution in [3.63, 3.8) is 0 Å². The number of hydrogen-bond donors (Lipinski definition) is 3. The summed E-state index contributed by atoms with van der Waals surface area (Å²) in [6.45, 7) is -0.567. The van der Waals surface area contributed by atoms with Crippen molar-refractivity contribution in [1.29, 1.82) is 0 Å². The Hall–Kier alpha value is -1.27. The van der Waals surface area contributed by atoms with Crippen molar-refractivity contribution in [2.45, 2.75) is 50.4 Å². The minimum absolute atomic E-state index is 0.0477. The van der Waals surface area contributed by atoms with Crippen LogP contribution in [0.1, 0.15) is 32.1 Å². The van der Waals surface area contributed by atoms with Crippen LogP contribution in [0.5, 0.6) is 0 Å². The molecular weight excluding hydrogens is 240 g/mol. The molecule has 2 atom stereocenters. The van der Waals surface area contributed by atoms with Crippen molar-refractivity contribution in [2.75, 3.05) is 6.61 Å². The molecule has 102 valence electrons. The number of cyclic esters (lactones) is 1. The molecule has 0 spiro atoms. The lowest BCUT2D eigenvalue weighted by Gasteiger charge is -2.26. The molecule has 1 fully saturated rings. The molecule has 1 heterocycles. The van der Waals surface area contributed by atoms with Crippen LogP contribution in [-0.4, -0.2) is 46.2 Å². The fraction of sp³-hybridized carbons (Fsp3) is 0.750. The number of ether oxygens (including phenoxy) is 2. The second-order valence-electron chi connectivity index (χ2n) is 4.67. The molecule has 0 radical (unpaired) electrons. The summed E-state index contributed by atoms with van der Waals surface area (Å²) >= 11 is 0. The normalized spacial score (nSPS) is 27.2. The van der Waals surface area contributed by atoms with E-state index in [4.69, 9.17) is 14.6 Å². The van der Waals surface area contributed by atoms with Crippen molar-refractivity contribution < 1.29 is 29.6 Å². The third-order valence-corrected chi connectivity index (χ3v) is 3.30. The van der Waals surface area contributed by atoms with E-state index in [9.17, 15) is 15.0 Å². The highest BCUT2D eigenvalue weighted by atomic mass is 16.6. The quantitative estimate of drug-likeness (QED) is 0.631. The summed E-state index contributed by atoms with van der Waals surface area (Å²) in [7, 11) is 0. The summed E-state index contributed by atoms with van der Waals surface area (Å²) < 4.78 is 10.4. The molecule has 2 rings (SSSR count). The zero-order valence-electron chi connectivity index (χ0n) is 10.0. The first-order valence-corrected chi connectivity index (χ1v) is 6.23. The van der Waals surface area contributed by atoms with Gasteiger partial charge >= 0.3 is 5.97 Å². The highest BCUT2D eigenvalue weighted by Gasteiger charge is 2.41. The average molecular weight is 258 g/mol. The van der Waals surface area contributed by atoms with Crippen LogP contribution in [-0.2, 0) is 14.3 Å². The molecule has 0 amide bonds. The highest BCUT2D eigenvalue weighted by molar-refractivity contribution is 5.89. The van der Waals surface area contributed by atoms with Crippen molar-refractivity contribution in [3.05, 3.63) is 11.5 Å².